The molecule has 0 saturated heterocycles. The second-order valence-electron chi connectivity index (χ2n) is 4.66. The summed E-state index contributed by atoms with van der Waals surface area (Å²) in [6, 6.07) is 7.25. The fourth-order valence-electron chi connectivity index (χ4n) is 2.43. The van der Waals surface area contributed by atoms with E-state index in [1.807, 2.05) is 18.2 Å². The highest BCUT2D eigenvalue weighted by Crippen LogP contribution is 2.36. The minimum absolute atomic E-state index is 0.190. The van der Waals surface area contributed by atoms with Gasteiger partial charge in [-0.25, -0.2) is 0 Å². The fraction of sp³-hybridized carbons (Fsp3) is 0.118. The molecule has 0 fully saturated rings. The molecule has 1 aliphatic rings. The Labute approximate surface area is 127 Å². The number of amides is 1. The fourth-order valence-corrected chi connectivity index (χ4v) is 2.43. The second-order valence-corrected chi connectivity index (χ2v) is 4.66. The van der Waals surface area contributed by atoms with E-state index in [-0.39, 0.29) is 12.5 Å². The first-order valence-electron chi connectivity index (χ1n) is 6.72. The van der Waals surface area contributed by atoms with Crippen molar-refractivity contribution in [2.45, 2.75) is 0 Å². The molecular weight excluding hydrogens is 280 g/mol. The number of aromatic nitrogens is 1. The summed E-state index contributed by atoms with van der Waals surface area (Å²) in [6.45, 7) is -0.228. The van der Waals surface area contributed by atoms with Gasteiger partial charge in [0.25, 0.3) is 5.91 Å². The van der Waals surface area contributed by atoms with Gasteiger partial charge in [0.15, 0.2) is 0 Å². The van der Waals surface area contributed by atoms with E-state index < -0.39 is 0 Å². The number of aliphatic hydroxyl groups is 1. The maximum Gasteiger partial charge on any atom is 0.256 e. The number of carbonyl (C=O) groups is 1. The maximum absolute atomic E-state index is 12.3. The molecule has 0 atom stereocenters. The number of anilines is 1. The first kappa shape index (κ1) is 14.0. The standard InChI is InChI=1S/C17H14N2O3/c1-22-15-7-8-18-14(15)10-12-16-11(5-3-9-20)4-2-6-13(16)19-17(12)21/h2,4,6-8,10,18,20H,9H2,1H3,(H,19,21). The predicted molar refractivity (Wildman–Crippen MR) is 84.3 cm³/mol. The summed E-state index contributed by atoms with van der Waals surface area (Å²) in [7, 11) is 1.58. The van der Waals surface area contributed by atoms with Crippen molar-refractivity contribution >= 4 is 23.2 Å². The summed E-state index contributed by atoms with van der Waals surface area (Å²) >= 11 is 0. The Kier molecular flexibility index (Phi) is 3.69. The molecule has 2 heterocycles. The molecule has 3 rings (SSSR count). The Morgan fingerprint density at radius 2 is 2.23 bits per heavy atom. The van der Waals surface area contributed by atoms with Crippen LogP contribution in [0.4, 0.5) is 5.69 Å². The smallest absolute Gasteiger partial charge is 0.256 e. The van der Waals surface area contributed by atoms with Crippen LogP contribution in [0.5, 0.6) is 5.75 Å². The molecule has 2 aromatic rings. The highest BCUT2D eigenvalue weighted by Gasteiger charge is 2.26. The molecule has 0 radical (unpaired) electrons. The van der Waals surface area contributed by atoms with Crippen LogP contribution in [0.25, 0.3) is 11.6 Å². The number of hydrogen-bond acceptors (Lipinski definition) is 3. The second kappa shape index (κ2) is 5.80. The van der Waals surface area contributed by atoms with Gasteiger partial charge in [-0.15, -0.1) is 0 Å². The van der Waals surface area contributed by atoms with Crippen LogP contribution in [0.3, 0.4) is 0 Å². The third kappa shape index (κ3) is 2.36. The lowest BCUT2D eigenvalue weighted by Crippen LogP contribution is -2.03. The Hall–Kier alpha value is -2.97. The van der Waals surface area contributed by atoms with Crippen molar-refractivity contribution in [3.63, 3.8) is 0 Å². The minimum atomic E-state index is -0.228. The first-order chi connectivity index (χ1) is 10.7. The molecule has 5 heteroatoms. The SMILES string of the molecule is COc1cc[nH]c1C=C1C(=O)Nc2cccc(C#CCO)c21. The lowest BCUT2D eigenvalue weighted by Gasteiger charge is -2.03. The number of nitrogens with one attached hydrogen (secondary N) is 2. The summed E-state index contributed by atoms with van der Waals surface area (Å²) in [5.41, 5.74) is 3.38. The van der Waals surface area contributed by atoms with Gasteiger partial charge in [0.1, 0.15) is 12.4 Å². The summed E-state index contributed by atoms with van der Waals surface area (Å²) in [6.07, 6.45) is 3.49. The van der Waals surface area contributed by atoms with E-state index in [4.69, 9.17) is 9.84 Å². The van der Waals surface area contributed by atoms with Gasteiger partial charge in [-0.3, -0.25) is 4.79 Å². The third-order valence-electron chi connectivity index (χ3n) is 3.38. The number of aliphatic hydroxyl groups excluding tert-OH is 1. The zero-order chi connectivity index (χ0) is 15.5. The average molecular weight is 294 g/mol. The lowest BCUT2D eigenvalue weighted by atomic mass is 10.00. The van der Waals surface area contributed by atoms with Gasteiger partial charge in [0.2, 0.25) is 0 Å². The van der Waals surface area contributed by atoms with Gasteiger partial charge in [-0.05, 0) is 24.3 Å². The van der Waals surface area contributed by atoms with Gasteiger partial charge in [-0.1, -0.05) is 17.9 Å². The first-order valence-corrected chi connectivity index (χ1v) is 6.72. The average Bonchev–Trinajstić information content (AvgIpc) is 3.10. The van der Waals surface area contributed by atoms with Crippen LogP contribution >= 0.6 is 0 Å². The molecule has 0 bridgehead atoms. The highest BCUT2D eigenvalue weighted by molar-refractivity contribution is 6.35. The van der Waals surface area contributed by atoms with Crippen molar-refractivity contribution in [1.29, 1.82) is 0 Å². The van der Waals surface area contributed by atoms with E-state index in [0.29, 0.717) is 28.3 Å². The molecular formula is C17H14N2O3. The molecule has 3 N–H and O–H groups in total. The van der Waals surface area contributed by atoms with Crippen molar-refractivity contribution < 1.29 is 14.6 Å². The number of aromatic amines is 1. The van der Waals surface area contributed by atoms with Gasteiger partial charge in [0.05, 0.1) is 24.1 Å². The van der Waals surface area contributed by atoms with Crippen LogP contribution in [0.15, 0.2) is 30.5 Å². The van der Waals surface area contributed by atoms with Gasteiger partial charge in [0, 0.05) is 17.3 Å². The Balaban J connectivity index is 2.15. The van der Waals surface area contributed by atoms with Crippen LogP contribution < -0.4 is 10.1 Å². The number of fused-ring (bicyclic) bond motifs is 1. The predicted octanol–water partition coefficient (Wildman–Crippen LogP) is 1.86. The number of rotatable bonds is 2. The zero-order valence-electron chi connectivity index (χ0n) is 11.9. The minimum Gasteiger partial charge on any atom is -0.495 e. The van der Waals surface area contributed by atoms with Crippen LogP contribution in [0, 0.1) is 11.8 Å². The molecule has 1 aromatic heterocycles. The van der Waals surface area contributed by atoms with Crippen LogP contribution in [0.1, 0.15) is 16.8 Å². The van der Waals surface area contributed by atoms with Gasteiger partial charge < -0.3 is 20.1 Å². The molecule has 110 valence electrons. The molecule has 5 nitrogen and oxygen atoms in total. The van der Waals surface area contributed by atoms with Crippen molar-refractivity contribution in [2.75, 3.05) is 19.0 Å². The van der Waals surface area contributed by atoms with Crippen LogP contribution in [-0.2, 0) is 4.79 Å². The van der Waals surface area contributed by atoms with E-state index in [0.717, 1.165) is 5.56 Å². The molecule has 22 heavy (non-hydrogen) atoms. The third-order valence-corrected chi connectivity index (χ3v) is 3.38. The number of H-pyrrole nitrogens is 1. The molecule has 1 amide bonds. The quantitative estimate of drug-likeness (QED) is 0.584. The largest absolute Gasteiger partial charge is 0.495 e. The monoisotopic (exact) mass is 294 g/mol. The lowest BCUT2D eigenvalue weighted by molar-refractivity contribution is -0.110. The van der Waals surface area contributed by atoms with Crippen LogP contribution in [-0.4, -0.2) is 29.7 Å². The Bertz CT molecular complexity index is 822. The van der Waals surface area contributed by atoms with Crippen molar-refractivity contribution in [3.8, 4) is 17.6 Å². The van der Waals surface area contributed by atoms with Gasteiger partial charge >= 0.3 is 0 Å². The highest BCUT2D eigenvalue weighted by atomic mass is 16.5. The summed E-state index contributed by atoms with van der Waals surface area (Å²) < 4.78 is 5.25. The molecule has 0 saturated carbocycles. The molecule has 0 spiro atoms. The number of hydrogen-bond donors (Lipinski definition) is 3. The molecule has 0 aliphatic carbocycles. The van der Waals surface area contributed by atoms with E-state index >= 15 is 0 Å². The normalized spacial score (nSPS) is 14.3. The van der Waals surface area contributed by atoms with E-state index in [1.165, 1.54) is 0 Å². The number of benzene rings is 1. The summed E-state index contributed by atoms with van der Waals surface area (Å²) in [5, 5.41) is 11.7. The Morgan fingerprint density at radius 3 is 3.00 bits per heavy atom. The van der Waals surface area contributed by atoms with Crippen molar-refractivity contribution in [3.05, 3.63) is 47.3 Å². The van der Waals surface area contributed by atoms with Gasteiger partial charge in [-0.2, -0.15) is 0 Å². The van der Waals surface area contributed by atoms with E-state index in [9.17, 15) is 4.79 Å². The Morgan fingerprint density at radius 1 is 1.36 bits per heavy atom. The van der Waals surface area contributed by atoms with Crippen LogP contribution in [0.2, 0.25) is 0 Å². The summed E-state index contributed by atoms with van der Waals surface area (Å²) in [4.78, 5) is 15.3. The van der Waals surface area contributed by atoms with E-state index in [1.54, 1.807) is 25.4 Å². The zero-order valence-corrected chi connectivity index (χ0v) is 11.9. The summed E-state index contributed by atoms with van der Waals surface area (Å²) in [5.74, 6) is 5.97. The molecule has 1 aromatic carbocycles. The van der Waals surface area contributed by atoms with Crippen molar-refractivity contribution in [1.82, 2.24) is 4.98 Å². The maximum atomic E-state index is 12.3. The molecule has 0 unspecified atom stereocenters. The van der Waals surface area contributed by atoms with E-state index in [2.05, 4.69) is 22.1 Å². The molecule has 1 aliphatic heterocycles. The number of carbonyl (C=O) groups excluding carboxylic acids is 1. The number of methoxy groups -OCH3 is 1. The van der Waals surface area contributed by atoms with Crippen molar-refractivity contribution in [2.24, 2.45) is 0 Å². The topological polar surface area (TPSA) is 74.4 Å². The number of ether oxygens (including phenoxy) is 1.